The average molecular weight is 388 g/mol. The molecule has 2 aromatic rings. The number of halogens is 2. The summed E-state index contributed by atoms with van der Waals surface area (Å²) in [4.78, 5) is 19.1. The van der Waals surface area contributed by atoms with E-state index < -0.39 is 5.97 Å². The van der Waals surface area contributed by atoms with Gasteiger partial charge in [0.1, 0.15) is 5.75 Å². The van der Waals surface area contributed by atoms with E-state index >= 15 is 0 Å². The summed E-state index contributed by atoms with van der Waals surface area (Å²) in [7, 11) is 1.29. The van der Waals surface area contributed by atoms with E-state index in [9.17, 15) is 4.79 Å². The Morgan fingerprint density at radius 2 is 2.00 bits per heavy atom. The van der Waals surface area contributed by atoms with E-state index in [1.165, 1.54) is 19.5 Å². The molecule has 0 aliphatic heterocycles. The minimum absolute atomic E-state index is 0.129. The number of esters is 1. The van der Waals surface area contributed by atoms with E-state index in [4.69, 9.17) is 4.74 Å². The third-order valence-corrected chi connectivity index (χ3v) is 3.24. The Hall–Kier alpha value is -1.47. The van der Waals surface area contributed by atoms with Crippen molar-refractivity contribution < 1.29 is 14.3 Å². The summed E-state index contributed by atoms with van der Waals surface area (Å²) < 4.78 is 11.8. The van der Waals surface area contributed by atoms with Gasteiger partial charge in [0.15, 0.2) is 5.69 Å². The van der Waals surface area contributed by atoms with Crippen LogP contribution in [0.2, 0.25) is 0 Å². The van der Waals surface area contributed by atoms with Crippen molar-refractivity contribution in [2.45, 2.75) is 0 Å². The number of hydrogen-bond donors (Lipinski definition) is 0. The van der Waals surface area contributed by atoms with Crippen LogP contribution >= 0.6 is 31.9 Å². The van der Waals surface area contributed by atoms with Crippen LogP contribution in [0.25, 0.3) is 0 Å². The molecular formula is C12H8Br2N2O3. The van der Waals surface area contributed by atoms with Crippen LogP contribution < -0.4 is 4.74 Å². The Morgan fingerprint density at radius 1 is 1.21 bits per heavy atom. The first-order valence-electron chi connectivity index (χ1n) is 5.13. The van der Waals surface area contributed by atoms with Gasteiger partial charge in [0.2, 0.25) is 5.88 Å². The van der Waals surface area contributed by atoms with Gasteiger partial charge in [-0.15, -0.1) is 0 Å². The lowest BCUT2D eigenvalue weighted by atomic mass is 10.3. The summed E-state index contributed by atoms with van der Waals surface area (Å²) in [5.41, 5.74) is 0.129. The molecule has 0 saturated heterocycles. The summed E-state index contributed by atoms with van der Waals surface area (Å²) in [6.07, 6.45) is 2.66. The standard InChI is InChI=1S/C12H8Br2N2O3/c1-18-12(17)9-5-16-11(6-15-9)19-10-3-2-7(13)4-8(10)14/h2-6H,1H3. The van der Waals surface area contributed by atoms with E-state index in [-0.39, 0.29) is 11.6 Å². The minimum atomic E-state index is -0.538. The molecule has 0 N–H and O–H groups in total. The maximum Gasteiger partial charge on any atom is 0.358 e. The molecule has 0 amide bonds. The van der Waals surface area contributed by atoms with Crippen molar-refractivity contribution in [3.8, 4) is 11.6 Å². The zero-order chi connectivity index (χ0) is 13.8. The zero-order valence-electron chi connectivity index (χ0n) is 9.76. The first kappa shape index (κ1) is 14.0. The Balaban J connectivity index is 2.17. The SMILES string of the molecule is COC(=O)c1cnc(Oc2ccc(Br)cc2Br)cn1. The number of aromatic nitrogens is 2. The smallest absolute Gasteiger partial charge is 0.358 e. The molecule has 0 spiro atoms. The fraction of sp³-hybridized carbons (Fsp3) is 0.0833. The highest BCUT2D eigenvalue weighted by molar-refractivity contribution is 9.11. The van der Waals surface area contributed by atoms with Gasteiger partial charge in [0.25, 0.3) is 0 Å². The maximum absolute atomic E-state index is 11.2. The molecule has 19 heavy (non-hydrogen) atoms. The fourth-order valence-electron chi connectivity index (χ4n) is 1.25. The molecule has 7 heteroatoms. The fourth-order valence-corrected chi connectivity index (χ4v) is 2.38. The molecule has 0 aliphatic rings. The van der Waals surface area contributed by atoms with Crippen LogP contribution in [-0.2, 0) is 4.74 Å². The van der Waals surface area contributed by atoms with Gasteiger partial charge in [-0.2, -0.15) is 0 Å². The van der Waals surface area contributed by atoms with Crippen molar-refractivity contribution in [1.29, 1.82) is 0 Å². The van der Waals surface area contributed by atoms with E-state index in [1.54, 1.807) is 6.07 Å². The van der Waals surface area contributed by atoms with Crippen LogP contribution in [0.5, 0.6) is 11.6 Å². The molecule has 0 radical (unpaired) electrons. The molecule has 1 aromatic carbocycles. The monoisotopic (exact) mass is 386 g/mol. The highest BCUT2D eigenvalue weighted by Gasteiger charge is 2.09. The second kappa shape index (κ2) is 6.12. The zero-order valence-corrected chi connectivity index (χ0v) is 12.9. The van der Waals surface area contributed by atoms with Gasteiger partial charge in [-0.05, 0) is 34.1 Å². The third-order valence-electron chi connectivity index (χ3n) is 2.13. The third kappa shape index (κ3) is 3.51. The number of benzene rings is 1. The summed E-state index contributed by atoms with van der Waals surface area (Å²) in [5.74, 6) is 0.350. The van der Waals surface area contributed by atoms with Crippen LogP contribution in [0.3, 0.4) is 0 Å². The van der Waals surface area contributed by atoms with Crippen LogP contribution in [0.4, 0.5) is 0 Å². The number of hydrogen-bond acceptors (Lipinski definition) is 5. The number of carbonyl (C=O) groups is 1. The molecule has 2 rings (SSSR count). The minimum Gasteiger partial charge on any atom is -0.464 e. The van der Waals surface area contributed by atoms with Gasteiger partial charge in [-0.25, -0.2) is 14.8 Å². The van der Waals surface area contributed by atoms with E-state index in [2.05, 4.69) is 46.6 Å². The molecule has 1 aromatic heterocycles. The highest BCUT2D eigenvalue weighted by atomic mass is 79.9. The van der Waals surface area contributed by atoms with Gasteiger partial charge in [0.05, 0.1) is 24.0 Å². The van der Waals surface area contributed by atoms with Gasteiger partial charge < -0.3 is 9.47 Å². The molecule has 98 valence electrons. The largest absolute Gasteiger partial charge is 0.464 e. The Morgan fingerprint density at radius 3 is 2.58 bits per heavy atom. The number of carbonyl (C=O) groups excluding carboxylic acids is 1. The second-order valence-corrected chi connectivity index (χ2v) is 5.18. The first-order valence-corrected chi connectivity index (χ1v) is 6.72. The lowest BCUT2D eigenvalue weighted by Gasteiger charge is -2.07. The van der Waals surface area contributed by atoms with Crippen molar-refractivity contribution in [3.05, 3.63) is 45.2 Å². The van der Waals surface area contributed by atoms with Crippen molar-refractivity contribution in [2.24, 2.45) is 0 Å². The van der Waals surface area contributed by atoms with Gasteiger partial charge in [0, 0.05) is 4.47 Å². The summed E-state index contributed by atoms with van der Waals surface area (Å²) >= 11 is 6.73. The average Bonchev–Trinajstić information content (AvgIpc) is 2.42. The highest BCUT2D eigenvalue weighted by Crippen LogP contribution is 2.30. The van der Waals surface area contributed by atoms with Crippen molar-refractivity contribution >= 4 is 37.8 Å². The molecule has 5 nitrogen and oxygen atoms in total. The van der Waals surface area contributed by atoms with E-state index in [0.717, 1.165) is 8.95 Å². The molecule has 0 fully saturated rings. The Bertz CT molecular complexity index is 602. The molecule has 0 saturated carbocycles. The van der Waals surface area contributed by atoms with Gasteiger partial charge in [-0.3, -0.25) is 0 Å². The normalized spacial score (nSPS) is 10.1. The van der Waals surface area contributed by atoms with Crippen molar-refractivity contribution in [3.63, 3.8) is 0 Å². The van der Waals surface area contributed by atoms with Crippen LogP contribution in [0.1, 0.15) is 10.5 Å². The maximum atomic E-state index is 11.2. The molecule has 0 unspecified atom stereocenters. The van der Waals surface area contributed by atoms with E-state index in [1.807, 2.05) is 12.1 Å². The van der Waals surface area contributed by atoms with Gasteiger partial charge in [-0.1, -0.05) is 15.9 Å². The molecular weight excluding hydrogens is 380 g/mol. The quantitative estimate of drug-likeness (QED) is 0.753. The van der Waals surface area contributed by atoms with Gasteiger partial charge >= 0.3 is 5.97 Å². The van der Waals surface area contributed by atoms with Crippen LogP contribution in [0.15, 0.2) is 39.5 Å². The van der Waals surface area contributed by atoms with Crippen LogP contribution in [0, 0.1) is 0 Å². The van der Waals surface area contributed by atoms with E-state index in [0.29, 0.717) is 5.75 Å². The lowest BCUT2D eigenvalue weighted by molar-refractivity contribution is 0.0593. The molecule has 0 atom stereocenters. The predicted molar refractivity (Wildman–Crippen MR) is 75.3 cm³/mol. The Labute approximate surface area is 126 Å². The van der Waals surface area contributed by atoms with Crippen LogP contribution in [-0.4, -0.2) is 23.0 Å². The van der Waals surface area contributed by atoms with Crippen molar-refractivity contribution in [1.82, 2.24) is 9.97 Å². The lowest BCUT2D eigenvalue weighted by Crippen LogP contribution is -2.04. The van der Waals surface area contributed by atoms with Crippen molar-refractivity contribution in [2.75, 3.05) is 7.11 Å². The number of ether oxygens (including phenoxy) is 2. The topological polar surface area (TPSA) is 61.3 Å². The summed E-state index contributed by atoms with van der Waals surface area (Å²) in [6.45, 7) is 0. The Kier molecular flexibility index (Phi) is 4.49. The number of methoxy groups -OCH3 is 1. The molecule has 0 aliphatic carbocycles. The number of rotatable bonds is 3. The molecule has 1 heterocycles. The number of nitrogens with zero attached hydrogens (tertiary/aromatic N) is 2. The summed E-state index contributed by atoms with van der Waals surface area (Å²) in [5, 5.41) is 0. The first-order chi connectivity index (χ1) is 9.10. The summed E-state index contributed by atoms with van der Waals surface area (Å²) in [6, 6.07) is 5.48. The molecule has 0 bridgehead atoms. The second-order valence-electron chi connectivity index (χ2n) is 3.41. The predicted octanol–water partition coefficient (Wildman–Crippen LogP) is 3.58.